The summed E-state index contributed by atoms with van der Waals surface area (Å²) in [6, 6.07) is -0.502. The van der Waals surface area contributed by atoms with Crippen molar-refractivity contribution in [2.45, 2.75) is 303 Å². The van der Waals surface area contributed by atoms with Gasteiger partial charge in [0, 0.05) is 6.42 Å². The summed E-state index contributed by atoms with van der Waals surface area (Å²) < 4.78 is 12.3. The topological polar surface area (TPSA) is 64.6 Å². The van der Waals surface area contributed by atoms with Gasteiger partial charge in [0.15, 0.2) is 0 Å². The second-order valence-corrected chi connectivity index (χ2v) is 18.0. The number of ether oxygens (including phenoxy) is 2. The van der Waals surface area contributed by atoms with Crippen molar-refractivity contribution in [1.82, 2.24) is 5.32 Å². The van der Waals surface area contributed by atoms with Crippen LogP contribution in [0.4, 0.5) is 0 Å². The molecule has 0 fully saturated rings. The standard InChI is InChI=1S/C54H103NO4/c1-6-10-14-18-22-24-26-28-30-34-38-41-45-50(44-40-36-32-20-16-12-8-3)58-53(56)49-48-52(55-5)54(57)59-51(46-42-37-33-21-17-13-9-4)47-43-39-35-31-29-27-25-23-19-15-11-7-2/h32-33,36-37,50-52,55H,6-31,34-35,38-49H2,1-5H3/b36-32-,37-33-. The summed E-state index contributed by atoms with van der Waals surface area (Å²) in [6.45, 7) is 9.05. The fourth-order valence-corrected chi connectivity index (χ4v) is 8.14. The second kappa shape index (κ2) is 47.4. The van der Waals surface area contributed by atoms with E-state index in [1.807, 2.05) is 0 Å². The summed E-state index contributed by atoms with van der Waals surface area (Å²) >= 11 is 0. The lowest BCUT2D eigenvalue weighted by atomic mass is 10.0. The summed E-state index contributed by atoms with van der Waals surface area (Å²) in [5.41, 5.74) is 0. The Balaban J connectivity index is 4.91. The number of hydrogen-bond donors (Lipinski definition) is 1. The second-order valence-electron chi connectivity index (χ2n) is 18.0. The number of esters is 2. The van der Waals surface area contributed by atoms with Crippen molar-refractivity contribution < 1.29 is 19.1 Å². The monoisotopic (exact) mass is 830 g/mol. The molecular formula is C54H103NO4. The van der Waals surface area contributed by atoms with Crippen molar-refractivity contribution in [3.05, 3.63) is 24.3 Å². The minimum atomic E-state index is -0.502. The molecule has 3 atom stereocenters. The fraction of sp³-hybridized carbons (Fsp3) is 0.889. The number of allylic oxidation sites excluding steroid dienone is 4. The van der Waals surface area contributed by atoms with Gasteiger partial charge in [0.05, 0.1) is 0 Å². The van der Waals surface area contributed by atoms with Crippen LogP contribution in [-0.2, 0) is 19.1 Å². The Labute approximate surface area is 369 Å². The number of likely N-dealkylation sites (N-methyl/N-ethyl adjacent to an activating group) is 1. The zero-order chi connectivity index (χ0) is 43.1. The average molecular weight is 830 g/mol. The molecule has 5 heteroatoms. The lowest BCUT2D eigenvalue weighted by molar-refractivity contribution is -0.153. The Kier molecular flexibility index (Phi) is 46.1. The summed E-state index contributed by atoms with van der Waals surface area (Å²) in [7, 11) is 1.81. The summed E-state index contributed by atoms with van der Waals surface area (Å²) in [6.07, 6.45) is 56.7. The first-order chi connectivity index (χ1) is 29.0. The zero-order valence-electron chi connectivity index (χ0n) is 40.5. The molecule has 0 rings (SSSR count). The van der Waals surface area contributed by atoms with E-state index in [0.29, 0.717) is 6.42 Å². The van der Waals surface area contributed by atoms with E-state index in [-0.39, 0.29) is 30.6 Å². The van der Waals surface area contributed by atoms with Gasteiger partial charge in [0.25, 0.3) is 0 Å². The van der Waals surface area contributed by atoms with Crippen molar-refractivity contribution in [3.8, 4) is 0 Å². The Hall–Kier alpha value is -1.62. The third-order valence-corrected chi connectivity index (χ3v) is 12.2. The predicted molar refractivity (Wildman–Crippen MR) is 258 cm³/mol. The molecule has 0 saturated carbocycles. The van der Waals surface area contributed by atoms with Crippen molar-refractivity contribution in [2.24, 2.45) is 0 Å². The van der Waals surface area contributed by atoms with Gasteiger partial charge in [-0.05, 0) is 90.5 Å². The van der Waals surface area contributed by atoms with E-state index in [2.05, 4.69) is 57.3 Å². The highest BCUT2D eigenvalue weighted by Crippen LogP contribution is 2.20. The van der Waals surface area contributed by atoms with Gasteiger partial charge < -0.3 is 14.8 Å². The first-order valence-corrected chi connectivity index (χ1v) is 26.4. The van der Waals surface area contributed by atoms with E-state index in [1.54, 1.807) is 7.05 Å². The Morgan fingerprint density at radius 2 is 0.712 bits per heavy atom. The number of hydrogen-bond acceptors (Lipinski definition) is 5. The molecule has 1 N–H and O–H groups in total. The van der Waals surface area contributed by atoms with Crippen LogP contribution in [0.5, 0.6) is 0 Å². The van der Waals surface area contributed by atoms with Crippen molar-refractivity contribution in [2.75, 3.05) is 7.05 Å². The minimum absolute atomic E-state index is 0.0548. The first kappa shape index (κ1) is 57.4. The summed E-state index contributed by atoms with van der Waals surface area (Å²) in [4.78, 5) is 26.7. The van der Waals surface area contributed by atoms with E-state index in [1.165, 1.54) is 180 Å². The molecule has 0 bridgehead atoms. The quantitative estimate of drug-likeness (QED) is 0.0376. The molecule has 3 unspecified atom stereocenters. The van der Waals surface area contributed by atoms with Crippen LogP contribution in [0.3, 0.4) is 0 Å². The SMILES string of the molecule is CCCCC/C=C\CCC(CCCCCCCCCCCCCC)OC(=O)CCC(NC)C(=O)OC(CC/C=C\CCCCC)CCCCCCCCCCCCCC. The molecule has 0 heterocycles. The molecule has 59 heavy (non-hydrogen) atoms. The van der Waals surface area contributed by atoms with Gasteiger partial charge in [0.1, 0.15) is 18.2 Å². The summed E-state index contributed by atoms with van der Waals surface area (Å²) in [5, 5.41) is 3.16. The smallest absolute Gasteiger partial charge is 0.323 e. The molecule has 0 radical (unpaired) electrons. The molecular weight excluding hydrogens is 727 g/mol. The average Bonchev–Trinajstić information content (AvgIpc) is 3.23. The van der Waals surface area contributed by atoms with Gasteiger partial charge in [-0.15, -0.1) is 0 Å². The fourth-order valence-electron chi connectivity index (χ4n) is 8.14. The maximum absolute atomic E-state index is 13.5. The van der Waals surface area contributed by atoms with Crippen LogP contribution < -0.4 is 5.32 Å². The highest BCUT2D eigenvalue weighted by molar-refractivity contribution is 5.77. The van der Waals surface area contributed by atoms with Gasteiger partial charge in [-0.3, -0.25) is 9.59 Å². The largest absolute Gasteiger partial charge is 0.462 e. The van der Waals surface area contributed by atoms with E-state index < -0.39 is 6.04 Å². The highest BCUT2D eigenvalue weighted by atomic mass is 16.5. The Morgan fingerprint density at radius 1 is 0.390 bits per heavy atom. The van der Waals surface area contributed by atoms with E-state index >= 15 is 0 Å². The molecule has 0 amide bonds. The van der Waals surface area contributed by atoms with Gasteiger partial charge >= 0.3 is 11.9 Å². The van der Waals surface area contributed by atoms with Gasteiger partial charge in [-0.25, -0.2) is 0 Å². The number of carbonyl (C=O) groups is 2. The molecule has 0 aromatic carbocycles. The van der Waals surface area contributed by atoms with Crippen molar-refractivity contribution >= 4 is 11.9 Å². The maximum Gasteiger partial charge on any atom is 0.323 e. The Morgan fingerprint density at radius 3 is 1.08 bits per heavy atom. The molecule has 0 spiro atoms. The van der Waals surface area contributed by atoms with Crippen LogP contribution in [0.25, 0.3) is 0 Å². The van der Waals surface area contributed by atoms with E-state index in [0.717, 1.165) is 64.2 Å². The molecule has 0 aliphatic heterocycles. The van der Waals surface area contributed by atoms with Crippen LogP contribution in [0.15, 0.2) is 24.3 Å². The van der Waals surface area contributed by atoms with Gasteiger partial charge in [-0.2, -0.15) is 0 Å². The predicted octanol–water partition coefficient (Wildman–Crippen LogP) is 17.2. The lowest BCUT2D eigenvalue weighted by Gasteiger charge is -2.22. The van der Waals surface area contributed by atoms with E-state index in [4.69, 9.17) is 9.47 Å². The Bertz CT molecular complexity index is 931. The van der Waals surface area contributed by atoms with Crippen LogP contribution >= 0.6 is 0 Å². The molecule has 5 nitrogen and oxygen atoms in total. The van der Waals surface area contributed by atoms with Crippen LogP contribution in [0.1, 0.15) is 285 Å². The molecule has 0 aliphatic carbocycles. The maximum atomic E-state index is 13.5. The van der Waals surface area contributed by atoms with Crippen LogP contribution in [0, 0.1) is 0 Å². The minimum Gasteiger partial charge on any atom is -0.462 e. The van der Waals surface area contributed by atoms with Gasteiger partial charge in [0.2, 0.25) is 0 Å². The molecule has 0 aromatic heterocycles. The third kappa shape index (κ3) is 41.5. The number of carbonyl (C=O) groups excluding carboxylic acids is 2. The first-order valence-electron chi connectivity index (χ1n) is 26.4. The van der Waals surface area contributed by atoms with Crippen LogP contribution in [0.2, 0.25) is 0 Å². The van der Waals surface area contributed by atoms with Gasteiger partial charge in [-0.1, -0.05) is 219 Å². The molecule has 348 valence electrons. The van der Waals surface area contributed by atoms with Crippen LogP contribution in [-0.4, -0.2) is 37.2 Å². The molecule has 0 aromatic rings. The number of nitrogens with one attached hydrogen (secondary N) is 1. The number of unbranched alkanes of at least 4 members (excludes halogenated alkanes) is 28. The molecule has 0 saturated heterocycles. The molecule has 0 aliphatic rings. The van der Waals surface area contributed by atoms with Crippen molar-refractivity contribution in [3.63, 3.8) is 0 Å². The lowest BCUT2D eigenvalue weighted by Crippen LogP contribution is -2.38. The summed E-state index contributed by atoms with van der Waals surface area (Å²) in [5.74, 6) is -0.410. The van der Waals surface area contributed by atoms with E-state index in [9.17, 15) is 9.59 Å². The highest BCUT2D eigenvalue weighted by Gasteiger charge is 2.24. The third-order valence-electron chi connectivity index (χ3n) is 12.2. The normalized spacial score (nSPS) is 13.4. The number of rotatable bonds is 47. The zero-order valence-corrected chi connectivity index (χ0v) is 40.5. The van der Waals surface area contributed by atoms with Crippen molar-refractivity contribution in [1.29, 1.82) is 0 Å².